The van der Waals surface area contributed by atoms with E-state index < -0.39 is 11.6 Å². The van der Waals surface area contributed by atoms with Gasteiger partial charge in [-0.1, -0.05) is 18.6 Å². The van der Waals surface area contributed by atoms with Gasteiger partial charge in [0.2, 0.25) is 0 Å². The van der Waals surface area contributed by atoms with Gasteiger partial charge in [-0.2, -0.15) is 11.8 Å². The van der Waals surface area contributed by atoms with E-state index in [9.17, 15) is 8.78 Å². The van der Waals surface area contributed by atoms with E-state index in [1.165, 1.54) is 25.0 Å². The number of thioether (sulfide) groups is 1. The van der Waals surface area contributed by atoms with Crippen LogP contribution in [0.5, 0.6) is 0 Å². The number of rotatable bonds is 4. The Morgan fingerprint density at radius 1 is 1.37 bits per heavy atom. The fourth-order valence-electron chi connectivity index (χ4n) is 2.07. The molecule has 104 valence electrons. The Morgan fingerprint density at radius 2 is 2.16 bits per heavy atom. The molecule has 1 aromatic rings. The van der Waals surface area contributed by atoms with Crippen LogP contribution in [0.1, 0.15) is 24.8 Å². The zero-order valence-corrected chi connectivity index (χ0v) is 12.1. The summed E-state index contributed by atoms with van der Waals surface area (Å²) in [6.45, 7) is 0.646. The molecule has 0 radical (unpaired) electrons. The molecule has 0 aromatic heterocycles. The summed E-state index contributed by atoms with van der Waals surface area (Å²) in [6, 6.07) is 2.90. The Labute approximate surface area is 121 Å². The van der Waals surface area contributed by atoms with Gasteiger partial charge in [-0.25, -0.2) is 8.78 Å². The molecule has 1 aliphatic heterocycles. The zero-order chi connectivity index (χ0) is 13.8. The quantitative estimate of drug-likeness (QED) is 0.837. The van der Waals surface area contributed by atoms with Crippen molar-refractivity contribution < 1.29 is 8.78 Å². The number of hydrogen-bond acceptors (Lipinski definition) is 3. The zero-order valence-electron chi connectivity index (χ0n) is 10.4. The van der Waals surface area contributed by atoms with Crippen LogP contribution in [-0.2, 0) is 0 Å². The van der Waals surface area contributed by atoms with E-state index >= 15 is 0 Å². The Kier molecular flexibility index (Phi) is 4.99. The monoisotopic (exact) mass is 302 g/mol. The molecule has 6 heteroatoms. The maximum absolute atomic E-state index is 13.8. The predicted octanol–water partition coefficient (Wildman–Crippen LogP) is 3.30. The first kappa shape index (κ1) is 14.5. The van der Waals surface area contributed by atoms with Crippen molar-refractivity contribution in [3.8, 4) is 0 Å². The van der Waals surface area contributed by atoms with E-state index in [1.54, 1.807) is 0 Å². The molecule has 1 heterocycles. The molecule has 3 N–H and O–H groups in total. The van der Waals surface area contributed by atoms with E-state index in [1.807, 2.05) is 11.8 Å². The van der Waals surface area contributed by atoms with Crippen LogP contribution in [0.25, 0.3) is 0 Å². The number of nitrogens with two attached hydrogens (primary N) is 1. The number of halogens is 2. The van der Waals surface area contributed by atoms with Gasteiger partial charge < -0.3 is 11.1 Å². The molecular formula is C13H16F2N2S2. The van der Waals surface area contributed by atoms with Crippen LogP contribution in [-0.4, -0.2) is 22.5 Å². The van der Waals surface area contributed by atoms with Gasteiger partial charge in [-0.3, -0.25) is 0 Å². The highest BCUT2D eigenvalue weighted by atomic mass is 32.2. The van der Waals surface area contributed by atoms with E-state index in [0.29, 0.717) is 11.8 Å². The number of thiocarbonyl (C=S) groups is 1. The van der Waals surface area contributed by atoms with Gasteiger partial charge in [0.25, 0.3) is 0 Å². The van der Waals surface area contributed by atoms with Gasteiger partial charge in [-0.05, 0) is 30.7 Å². The molecule has 1 atom stereocenters. The van der Waals surface area contributed by atoms with Gasteiger partial charge >= 0.3 is 0 Å². The van der Waals surface area contributed by atoms with Crippen molar-refractivity contribution in [1.29, 1.82) is 0 Å². The molecule has 2 rings (SSSR count). The SMILES string of the molecule is NC(=S)c1ccc(NCC2CCCCS2)c(F)c1F. The standard InChI is InChI=1S/C13H16F2N2S2/c14-11-9(13(16)18)4-5-10(12(11)15)17-7-8-3-1-2-6-19-8/h4-5,8,17H,1-3,6-7H2,(H2,16,18). The molecule has 0 aliphatic carbocycles. The summed E-state index contributed by atoms with van der Waals surface area (Å²) in [7, 11) is 0. The highest BCUT2D eigenvalue weighted by Gasteiger charge is 2.17. The summed E-state index contributed by atoms with van der Waals surface area (Å²) in [5, 5.41) is 3.43. The van der Waals surface area contributed by atoms with Gasteiger partial charge in [0.05, 0.1) is 5.69 Å². The van der Waals surface area contributed by atoms with Crippen molar-refractivity contribution in [2.45, 2.75) is 24.5 Å². The smallest absolute Gasteiger partial charge is 0.182 e. The summed E-state index contributed by atoms with van der Waals surface area (Å²) in [6.07, 6.45) is 3.57. The van der Waals surface area contributed by atoms with E-state index in [0.717, 1.165) is 12.2 Å². The van der Waals surface area contributed by atoms with Crippen molar-refractivity contribution in [2.24, 2.45) is 5.73 Å². The molecule has 0 spiro atoms. The first-order valence-electron chi connectivity index (χ1n) is 6.23. The summed E-state index contributed by atoms with van der Waals surface area (Å²) in [4.78, 5) is -0.134. The third-order valence-corrected chi connectivity index (χ3v) is 4.76. The molecule has 1 saturated heterocycles. The highest BCUT2D eigenvalue weighted by Crippen LogP contribution is 2.26. The van der Waals surface area contributed by atoms with Gasteiger partial charge in [0, 0.05) is 17.4 Å². The Hall–Kier alpha value is -0.880. The normalized spacial score (nSPS) is 19.2. The van der Waals surface area contributed by atoms with Gasteiger partial charge in [-0.15, -0.1) is 0 Å². The van der Waals surface area contributed by atoms with Crippen molar-refractivity contribution in [3.05, 3.63) is 29.3 Å². The summed E-state index contributed by atoms with van der Waals surface area (Å²) < 4.78 is 27.5. The largest absolute Gasteiger partial charge is 0.389 e. The fraction of sp³-hybridized carbons (Fsp3) is 0.462. The van der Waals surface area contributed by atoms with Crippen molar-refractivity contribution in [2.75, 3.05) is 17.6 Å². The lowest BCUT2D eigenvalue weighted by atomic mass is 10.1. The maximum atomic E-state index is 13.8. The topological polar surface area (TPSA) is 38.0 Å². The molecule has 1 aromatic carbocycles. The first-order valence-corrected chi connectivity index (χ1v) is 7.68. The fourth-order valence-corrected chi connectivity index (χ4v) is 3.46. The van der Waals surface area contributed by atoms with Gasteiger partial charge in [0.1, 0.15) is 4.99 Å². The summed E-state index contributed by atoms with van der Waals surface area (Å²) >= 11 is 6.55. The van der Waals surface area contributed by atoms with E-state index in [2.05, 4.69) is 17.5 Å². The maximum Gasteiger partial charge on any atom is 0.182 e. The highest BCUT2D eigenvalue weighted by molar-refractivity contribution is 7.99. The average Bonchev–Trinajstić information content (AvgIpc) is 2.41. The van der Waals surface area contributed by atoms with Crippen LogP contribution in [0.4, 0.5) is 14.5 Å². The minimum absolute atomic E-state index is 0.0508. The number of anilines is 1. The molecule has 1 aliphatic rings. The van der Waals surface area contributed by atoms with Crippen LogP contribution < -0.4 is 11.1 Å². The Balaban J connectivity index is 2.04. The van der Waals surface area contributed by atoms with Crippen molar-refractivity contribution in [3.63, 3.8) is 0 Å². The van der Waals surface area contributed by atoms with Crippen LogP contribution in [0.2, 0.25) is 0 Å². The van der Waals surface area contributed by atoms with E-state index in [4.69, 9.17) is 5.73 Å². The van der Waals surface area contributed by atoms with Crippen LogP contribution in [0.15, 0.2) is 12.1 Å². The molecule has 2 nitrogen and oxygen atoms in total. The number of hydrogen-bond donors (Lipinski definition) is 2. The minimum Gasteiger partial charge on any atom is -0.389 e. The van der Waals surface area contributed by atoms with Crippen molar-refractivity contribution in [1.82, 2.24) is 0 Å². The lowest BCUT2D eigenvalue weighted by molar-refractivity contribution is 0.509. The predicted molar refractivity (Wildman–Crippen MR) is 80.8 cm³/mol. The lowest BCUT2D eigenvalue weighted by Gasteiger charge is -2.22. The molecule has 0 bridgehead atoms. The molecule has 0 amide bonds. The molecule has 1 unspecified atom stereocenters. The second kappa shape index (κ2) is 6.52. The summed E-state index contributed by atoms with van der Waals surface area (Å²) in [5.74, 6) is -0.747. The number of nitrogens with one attached hydrogen (secondary N) is 1. The van der Waals surface area contributed by atoms with Crippen LogP contribution in [0.3, 0.4) is 0 Å². The van der Waals surface area contributed by atoms with Crippen LogP contribution >= 0.6 is 24.0 Å². The second-order valence-electron chi connectivity index (χ2n) is 4.52. The third-order valence-electron chi connectivity index (χ3n) is 3.14. The number of benzene rings is 1. The van der Waals surface area contributed by atoms with Gasteiger partial charge in [0.15, 0.2) is 11.6 Å². The minimum atomic E-state index is -0.978. The Morgan fingerprint density at radius 3 is 2.79 bits per heavy atom. The molecule has 0 saturated carbocycles. The second-order valence-corrected chi connectivity index (χ2v) is 6.37. The lowest BCUT2D eigenvalue weighted by Crippen LogP contribution is -2.21. The third kappa shape index (κ3) is 3.57. The average molecular weight is 302 g/mol. The summed E-state index contributed by atoms with van der Waals surface area (Å²) in [5.41, 5.74) is 5.44. The molecule has 1 fully saturated rings. The molecule has 19 heavy (non-hydrogen) atoms. The van der Waals surface area contributed by atoms with E-state index in [-0.39, 0.29) is 16.2 Å². The molecular weight excluding hydrogens is 286 g/mol. The van der Waals surface area contributed by atoms with Crippen molar-refractivity contribution >= 4 is 34.7 Å². The van der Waals surface area contributed by atoms with Crippen LogP contribution in [0, 0.1) is 11.6 Å². The Bertz CT molecular complexity index is 474. The first-order chi connectivity index (χ1) is 9.09.